The van der Waals surface area contributed by atoms with E-state index in [0.29, 0.717) is 5.92 Å². The third-order valence-corrected chi connectivity index (χ3v) is 3.59. The van der Waals surface area contributed by atoms with Gasteiger partial charge in [-0.3, -0.25) is 4.98 Å². The lowest BCUT2D eigenvalue weighted by Crippen LogP contribution is -2.07. The second-order valence-corrected chi connectivity index (χ2v) is 4.94. The summed E-state index contributed by atoms with van der Waals surface area (Å²) in [5.41, 5.74) is 1.94. The Kier molecular flexibility index (Phi) is 3.26. The first-order valence-electron chi connectivity index (χ1n) is 6.43. The summed E-state index contributed by atoms with van der Waals surface area (Å²) in [5.74, 6) is 0.490. The Labute approximate surface area is 106 Å². The lowest BCUT2D eigenvalue weighted by Gasteiger charge is -2.15. The maximum absolute atomic E-state index is 10.3. The largest absolute Gasteiger partial charge is 0.388 e. The van der Waals surface area contributed by atoms with E-state index in [2.05, 4.69) is 4.98 Å². The summed E-state index contributed by atoms with van der Waals surface area (Å²) in [5, 5.41) is 11.3. The molecule has 3 heteroatoms. The quantitative estimate of drug-likeness (QED) is 0.901. The molecule has 1 aliphatic heterocycles. The summed E-state index contributed by atoms with van der Waals surface area (Å²) in [6, 6.07) is 9.91. The lowest BCUT2D eigenvalue weighted by atomic mass is 9.95. The first-order valence-corrected chi connectivity index (χ1v) is 6.43. The van der Waals surface area contributed by atoms with Gasteiger partial charge in [0, 0.05) is 24.8 Å². The molecule has 1 aromatic heterocycles. The highest BCUT2D eigenvalue weighted by Crippen LogP contribution is 2.27. The Morgan fingerprint density at radius 2 is 2.33 bits per heavy atom. The number of hydrogen-bond donors (Lipinski definition) is 1. The molecule has 0 saturated carbocycles. The van der Waals surface area contributed by atoms with Gasteiger partial charge in [0.25, 0.3) is 0 Å². The SMILES string of the molecule is OC(CC1CCOC1)c1ccc2ncccc2c1. The highest BCUT2D eigenvalue weighted by atomic mass is 16.5. The van der Waals surface area contributed by atoms with Crippen LogP contribution in [0.3, 0.4) is 0 Å². The van der Waals surface area contributed by atoms with Crippen molar-refractivity contribution in [3.05, 3.63) is 42.1 Å². The summed E-state index contributed by atoms with van der Waals surface area (Å²) in [7, 11) is 0. The molecule has 1 saturated heterocycles. The van der Waals surface area contributed by atoms with Gasteiger partial charge in [-0.2, -0.15) is 0 Å². The molecule has 18 heavy (non-hydrogen) atoms. The normalized spacial score (nSPS) is 21.3. The van der Waals surface area contributed by atoms with Crippen LogP contribution in [0, 0.1) is 5.92 Å². The fourth-order valence-electron chi connectivity index (χ4n) is 2.52. The van der Waals surface area contributed by atoms with Gasteiger partial charge in [-0.25, -0.2) is 0 Å². The van der Waals surface area contributed by atoms with Crippen molar-refractivity contribution in [2.45, 2.75) is 18.9 Å². The minimum absolute atomic E-state index is 0.402. The topological polar surface area (TPSA) is 42.4 Å². The number of ether oxygens (including phenoxy) is 1. The lowest BCUT2D eigenvalue weighted by molar-refractivity contribution is 0.130. The second-order valence-electron chi connectivity index (χ2n) is 4.94. The number of nitrogens with zero attached hydrogens (tertiary/aromatic N) is 1. The predicted molar refractivity (Wildman–Crippen MR) is 70.2 cm³/mol. The number of rotatable bonds is 3. The van der Waals surface area contributed by atoms with Crippen LogP contribution in [0.5, 0.6) is 0 Å². The van der Waals surface area contributed by atoms with Crippen molar-refractivity contribution < 1.29 is 9.84 Å². The minimum Gasteiger partial charge on any atom is -0.388 e. The third-order valence-electron chi connectivity index (χ3n) is 3.59. The number of pyridine rings is 1. The molecule has 2 aromatic rings. The second kappa shape index (κ2) is 5.04. The van der Waals surface area contributed by atoms with E-state index in [4.69, 9.17) is 4.74 Å². The van der Waals surface area contributed by atoms with Gasteiger partial charge in [-0.1, -0.05) is 12.1 Å². The van der Waals surface area contributed by atoms with Crippen molar-refractivity contribution in [2.75, 3.05) is 13.2 Å². The number of aliphatic hydroxyl groups is 1. The van der Waals surface area contributed by atoms with Crippen molar-refractivity contribution in [3.63, 3.8) is 0 Å². The molecule has 0 radical (unpaired) electrons. The molecule has 2 heterocycles. The maximum atomic E-state index is 10.3. The van der Waals surface area contributed by atoms with Gasteiger partial charge in [-0.15, -0.1) is 0 Å². The van der Waals surface area contributed by atoms with Crippen molar-refractivity contribution in [1.82, 2.24) is 4.98 Å². The van der Waals surface area contributed by atoms with Crippen LogP contribution >= 0.6 is 0 Å². The number of aromatic nitrogens is 1. The van der Waals surface area contributed by atoms with Gasteiger partial charge in [-0.05, 0) is 42.5 Å². The molecular formula is C15H17NO2. The summed E-state index contributed by atoms with van der Waals surface area (Å²) in [6.45, 7) is 1.62. The van der Waals surface area contributed by atoms with Crippen LogP contribution in [0.4, 0.5) is 0 Å². The van der Waals surface area contributed by atoms with Crippen LogP contribution in [0.1, 0.15) is 24.5 Å². The number of hydrogen-bond acceptors (Lipinski definition) is 3. The summed E-state index contributed by atoms with van der Waals surface area (Å²) in [6.07, 6.45) is 3.23. The van der Waals surface area contributed by atoms with Gasteiger partial charge in [0.15, 0.2) is 0 Å². The Balaban J connectivity index is 1.80. The monoisotopic (exact) mass is 243 g/mol. The van der Waals surface area contributed by atoms with E-state index in [0.717, 1.165) is 42.5 Å². The maximum Gasteiger partial charge on any atom is 0.0793 e. The molecule has 2 unspecified atom stereocenters. The first kappa shape index (κ1) is 11.6. The summed E-state index contributed by atoms with van der Waals surface area (Å²) in [4.78, 5) is 4.28. The van der Waals surface area contributed by atoms with E-state index < -0.39 is 6.10 Å². The van der Waals surface area contributed by atoms with E-state index in [9.17, 15) is 5.11 Å². The molecule has 1 N–H and O–H groups in total. The molecule has 1 aliphatic rings. The Morgan fingerprint density at radius 3 is 3.17 bits per heavy atom. The molecule has 1 fully saturated rings. The van der Waals surface area contributed by atoms with Crippen molar-refractivity contribution in [2.24, 2.45) is 5.92 Å². The fraction of sp³-hybridized carbons (Fsp3) is 0.400. The summed E-state index contributed by atoms with van der Waals surface area (Å²) < 4.78 is 5.34. The van der Waals surface area contributed by atoms with Crippen LogP contribution in [0.25, 0.3) is 10.9 Å². The molecule has 2 atom stereocenters. The van der Waals surface area contributed by atoms with Gasteiger partial charge >= 0.3 is 0 Å². The molecule has 1 aromatic carbocycles. The molecule has 0 aliphatic carbocycles. The van der Waals surface area contributed by atoms with E-state index >= 15 is 0 Å². The molecule has 0 bridgehead atoms. The van der Waals surface area contributed by atoms with Crippen LogP contribution in [-0.2, 0) is 4.74 Å². The summed E-state index contributed by atoms with van der Waals surface area (Å²) >= 11 is 0. The van der Waals surface area contributed by atoms with Crippen LogP contribution in [0.15, 0.2) is 36.5 Å². The molecule has 3 rings (SSSR count). The van der Waals surface area contributed by atoms with Crippen LogP contribution in [0.2, 0.25) is 0 Å². The Bertz CT molecular complexity index is 535. The third kappa shape index (κ3) is 2.37. The van der Waals surface area contributed by atoms with E-state index in [1.807, 2.05) is 30.3 Å². The predicted octanol–water partition coefficient (Wildman–Crippen LogP) is 2.69. The van der Waals surface area contributed by atoms with E-state index in [1.54, 1.807) is 6.20 Å². The molecule has 3 nitrogen and oxygen atoms in total. The van der Waals surface area contributed by atoms with Gasteiger partial charge < -0.3 is 9.84 Å². The highest BCUT2D eigenvalue weighted by molar-refractivity contribution is 5.78. The van der Waals surface area contributed by atoms with Gasteiger partial charge in [0.1, 0.15) is 0 Å². The zero-order chi connectivity index (χ0) is 12.4. The number of benzene rings is 1. The molecule has 94 valence electrons. The number of aliphatic hydroxyl groups excluding tert-OH is 1. The smallest absolute Gasteiger partial charge is 0.0793 e. The standard InChI is InChI=1S/C15H17NO2/c17-15(8-11-5-7-18-10-11)13-3-4-14-12(9-13)2-1-6-16-14/h1-4,6,9,11,15,17H,5,7-8,10H2. The van der Waals surface area contributed by atoms with E-state index in [-0.39, 0.29) is 0 Å². The molecule has 0 amide bonds. The van der Waals surface area contributed by atoms with Crippen molar-refractivity contribution in [1.29, 1.82) is 0 Å². The molecule has 0 spiro atoms. The zero-order valence-corrected chi connectivity index (χ0v) is 10.2. The first-order chi connectivity index (χ1) is 8.83. The average molecular weight is 243 g/mol. The van der Waals surface area contributed by atoms with Crippen molar-refractivity contribution >= 4 is 10.9 Å². The average Bonchev–Trinajstić information content (AvgIpc) is 2.91. The van der Waals surface area contributed by atoms with Crippen LogP contribution in [-0.4, -0.2) is 23.3 Å². The fourth-order valence-corrected chi connectivity index (χ4v) is 2.52. The van der Waals surface area contributed by atoms with E-state index in [1.165, 1.54) is 0 Å². The van der Waals surface area contributed by atoms with Gasteiger partial charge in [0.05, 0.1) is 11.6 Å². The van der Waals surface area contributed by atoms with Crippen LogP contribution < -0.4 is 0 Å². The minimum atomic E-state index is -0.402. The Hall–Kier alpha value is -1.45. The van der Waals surface area contributed by atoms with Gasteiger partial charge in [0.2, 0.25) is 0 Å². The Morgan fingerprint density at radius 1 is 1.39 bits per heavy atom. The zero-order valence-electron chi connectivity index (χ0n) is 10.2. The van der Waals surface area contributed by atoms with Crippen molar-refractivity contribution in [3.8, 4) is 0 Å². The molecular weight excluding hydrogens is 226 g/mol. The number of fused-ring (bicyclic) bond motifs is 1. The highest BCUT2D eigenvalue weighted by Gasteiger charge is 2.20.